The van der Waals surface area contributed by atoms with Gasteiger partial charge >= 0.3 is 0 Å². The Kier molecular flexibility index (Phi) is 3.91. The number of aliphatic imine (C=N–C) groups is 1. The van der Waals surface area contributed by atoms with E-state index in [4.69, 9.17) is 0 Å². The largest absolute Gasteiger partial charge is 0.243 e. The Labute approximate surface area is 106 Å². The SMILES string of the molecule is O=C=N[C@H]1CCCN(S(=O)(=O)c2ccccc2)C1. The first-order valence-electron chi connectivity index (χ1n) is 5.77. The first kappa shape index (κ1) is 13.0. The predicted octanol–water partition coefficient (Wildman–Crippen LogP) is 1.18. The second-order valence-electron chi connectivity index (χ2n) is 4.19. The van der Waals surface area contributed by atoms with Crippen LogP contribution in [0.2, 0.25) is 0 Å². The fraction of sp³-hybridized carbons (Fsp3) is 0.417. The average Bonchev–Trinajstić information content (AvgIpc) is 2.40. The van der Waals surface area contributed by atoms with E-state index in [1.807, 2.05) is 0 Å². The molecule has 0 saturated carbocycles. The van der Waals surface area contributed by atoms with E-state index in [9.17, 15) is 13.2 Å². The predicted molar refractivity (Wildman–Crippen MR) is 66.3 cm³/mol. The molecule has 1 aliphatic heterocycles. The molecule has 18 heavy (non-hydrogen) atoms. The molecule has 6 heteroatoms. The number of rotatable bonds is 3. The van der Waals surface area contributed by atoms with E-state index >= 15 is 0 Å². The third-order valence-electron chi connectivity index (χ3n) is 2.98. The van der Waals surface area contributed by atoms with Gasteiger partial charge in [-0.15, -0.1) is 0 Å². The lowest BCUT2D eigenvalue weighted by molar-refractivity contribution is 0.316. The van der Waals surface area contributed by atoms with Gasteiger partial charge in [-0.3, -0.25) is 0 Å². The molecule has 1 saturated heterocycles. The number of benzene rings is 1. The highest BCUT2D eigenvalue weighted by Crippen LogP contribution is 2.21. The maximum Gasteiger partial charge on any atom is 0.243 e. The van der Waals surface area contributed by atoms with E-state index in [1.165, 1.54) is 10.4 Å². The maximum atomic E-state index is 12.3. The molecular formula is C12H14N2O3S. The Balaban J connectivity index is 2.23. The molecule has 0 spiro atoms. The van der Waals surface area contributed by atoms with Crippen molar-refractivity contribution in [3.05, 3.63) is 30.3 Å². The van der Waals surface area contributed by atoms with E-state index in [0.717, 1.165) is 6.42 Å². The normalized spacial score (nSPS) is 21.2. The van der Waals surface area contributed by atoms with Gasteiger partial charge in [0.25, 0.3) is 0 Å². The van der Waals surface area contributed by atoms with Crippen molar-refractivity contribution in [1.29, 1.82) is 0 Å². The topological polar surface area (TPSA) is 66.8 Å². The van der Waals surface area contributed by atoms with Crippen LogP contribution in [0.3, 0.4) is 0 Å². The molecular weight excluding hydrogens is 252 g/mol. The van der Waals surface area contributed by atoms with Gasteiger partial charge in [0.2, 0.25) is 16.1 Å². The number of carbonyl (C=O) groups excluding carboxylic acids is 1. The molecule has 0 aromatic heterocycles. The zero-order valence-corrected chi connectivity index (χ0v) is 10.6. The van der Waals surface area contributed by atoms with Crippen molar-refractivity contribution in [3.63, 3.8) is 0 Å². The molecule has 0 bridgehead atoms. The summed E-state index contributed by atoms with van der Waals surface area (Å²) >= 11 is 0. The quantitative estimate of drug-likeness (QED) is 0.609. The van der Waals surface area contributed by atoms with E-state index in [1.54, 1.807) is 30.3 Å². The Morgan fingerprint density at radius 1 is 1.28 bits per heavy atom. The lowest BCUT2D eigenvalue weighted by atomic mass is 10.1. The summed E-state index contributed by atoms with van der Waals surface area (Å²) in [7, 11) is -3.47. The molecule has 0 radical (unpaired) electrons. The summed E-state index contributed by atoms with van der Waals surface area (Å²) in [6, 6.07) is 8.03. The summed E-state index contributed by atoms with van der Waals surface area (Å²) < 4.78 is 26.0. The van der Waals surface area contributed by atoms with Crippen LogP contribution in [0, 0.1) is 0 Å². The molecule has 0 aliphatic carbocycles. The third kappa shape index (κ3) is 2.67. The molecule has 2 rings (SSSR count). The molecule has 5 nitrogen and oxygen atoms in total. The summed E-state index contributed by atoms with van der Waals surface area (Å²) in [6.45, 7) is 0.731. The molecule has 1 atom stereocenters. The summed E-state index contributed by atoms with van der Waals surface area (Å²) in [5.41, 5.74) is 0. The van der Waals surface area contributed by atoms with Gasteiger partial charge in [-0.05, 0) is 25.0 Å². The van der Waals surface area contributed by atoms with Gasteiger partial charge in [0.1, 0.15) is 0 Å². The molecule has 1 heterocycles. The van der Waals surface area contributed by atoms with Gasteiger partial charge in [0, 0.05) is 13.1 Å². The van der Waals surface area contributed by atoms with E-state index in [0.29, 0.717) is 13.0 Å². The number of piperidine rings is 1. The van der Waals surface area contributed by atoms with Gasteiger partial charge in [-0.1, -0.05) is 18.2 Å². The second-order valence-corrected chi connectivity index (χ2v) is 6.13. The van der Waals surface area contributed by atoms with Gasteiger partial charge in [0.15, 0.2) is 0 Å². The Morgan fingerprint density at radius 3 is 2.67 bits per heavy atom. The number of nitrogens with zero attached hydrogens (tertiary/aromatic N) is 2. The van der Waals surface area contributed by atoms with Crippen LogP contribution in [0.25, 0.3) is 0 Å². The first-order chi connectivity index (χ1) is 8.64. The zero-order valence-electron chi connectivity index (χ0n) is 9.82. The van der Waals surface area contributed by atoms with Crippen LogP contribution >= 0.6 is 0 Å². The fourth-order valence-corrected chi connectivity index (χ4v) is 3.60. The van der Waals surface area contributed by atoms with Gasteiger partial charge in [-0.2, -0.15) is 4.31 Å². The van der Waals surface area contributed by atoms with Crippen molar-refractivity contribution in [2.45, 2.75) is 23.8 Å². The fourth-order valence-electron chi connectivity index (χ4n) is 2.06. The summed E-state index contributed by atoms with van der Waals surface area (Å²) in [5, 5.41) is 0. The highest BCUT2D eigenvalue weighted by atomic mass is 32.2. The lowest BCUT2D eigenvalue weighted by Crippen LogP contribution is -2.41. The summed E-state index contributed by atoms with van der Waals surface area (Å²) in [5.74, 6) is 0. The monoisotopic (exact) mass is 266 g/mol. The van der Waals surface area contributed by atoms with E-state index in [-0.39, 0.29) is 17.5 Å². The van der Waals surface area contributed by atoms with E-state index in [2.05, 4.69) is 4.99 Å². The second kappa shape index (κ2) is 5.44. The summed E-state index contributed by atoms with van der Waals surface area (Å²) in [6.07, 6.45) is 2.95. The summed E-state index contributed by atoms with van der Waals surface area (Å²) in [4.78, 5) is 14.1. The van der Waals surface area contributed by atoms with Crippen molar-refractivity contribution in [3.8, 4) is 0 Å². The first-order valence-corrected chi connectivity index (χ1v) is 7.21. The van der Waals surface area contributed by atoms with Crippen molar-refractivity contribution in [2.24, 2.45) is 4.99 Å². The van der Waals surface area contributed by atoms with Crippen LogP contribution in [0.1, 0.15) is 12.8 Å². The minimum absolute atomic E-state index is 0.256. The molecule has 0 unspecified atom stereocenters. The number of sulfonamides is 1. The molecule has 0 amide bonds. The van der Waals surface area contributed by atoms with Gasteiger partial charge in [-0.25, -0.2) is 18.2 Å². The van der Waals surface area contributed by atoms with Gasteiger partial charge < -0.3 is 0 Å². The van der Waals surface area contributed by atoms with Crippen LogP contribution in [0.5, 0.6) is 0 Å². The molecule has 96 valence electrons. The number of isocyanates is 1. The van der Waals surface area contributed by atoms with Gasteiger partial charge in [0.05, 0.1) is 10.9 Å². The van der Waals surface area contributed by atoms with Crippen LogP contribution < -0.4 is 0 Å². The maximum absolute atomic E-state index is 12.3. The van der Waals surface area contributed by atoms with Crippen LogP contribution in [-0.2, 0) is 14.8 Å². The number of hydrogen-bond acceptors (Lipinski definition) is 4. The molecule has 1 aromatic rings. The van der Waals surface area contributed by atoms with Crippen molar-refractivity contribution in [1.82, 2.24) is 4.31 Å². The van der Waals surface area contributed by atoms with Crippen LogP contribution in [0.15, 0.2) is 40.2 Å². The van der Waals surface area contributed by atoms with Crippen LogP contribution in [0.4, 0.5) is 0 Å². The lowest BCUT2D eigenvalue weighted by Gasteiger charge is -2.29. The molecule has 1 aromatic carbocycles. The molecule has 1 aliphatic rings. The highest BCUT2D eigenvalue weighted by Gasteiger charge is 2.29. The standard InChI is InChI=1S/C12H14N2O3S/c15-10-13-11-5-4-8-14(9-11)18(16,17)12-6-2-1-3-7-12/h1-3,6-7,11H,4-5,8-9H2/t11-/m0/s1. The van der Waals surface area contributed by atoms with E-state index < -0.39 is 10.0 Å². The Bertz CT molecular complexity index is 550. The number of hydrogen-bond donors (Lipinski definition) is 0. The Morgan fingerprint density at radius 2 is 2.00 bits per heavy atom. The van der Waals surface area contributed by atoms with Crippen molar-refractivity contribution < 1.29 is 13.2 Å². The Hall–Kier alpha value is -1.49. The third-order valence-corrected chi connectivity index (χ3v) is 4.85. The van der Waals surface area contributed by atoms with Crippen molar-refractivity contribution in [2.75, 3.05) is 13.1 Å². The minimum Gasteiger partial charge on any atom is -0.211 e. The average molecular weight is 266 g/mol. The van der Waals surface area contributed by atoms with Crippen LogP contribution in [-0.4, -0.2) is 37.9 Å². The minimum atomic E-state index is -3.47. The molecule has 0 N–H and O–H groups in total. The zero-order chi connectivity index (χ0) is 13.0. The smallest absolute Gasteiger partial charge is 0.211 e. The molecule has 1 fully saturated rings. The van der Waals surface area contributed by atoms with Crippen molar-refractivity contribution >= 4 is 16.1 Å². The highest BCUT2D eigenvalue weighted by molar-refractivity contribution is 7.89.